The number of Topliss-reactive ketones (excluding diaryl/α,β-unsaturated/α-hetero) is 4. The summed E-state index contributed by atoms with van der Waals surface area (Å²) in [5, 5.41) is 11.4. The number of nitriles is 1. The monoisotopic (exact) mass is 1060 g/mol. The molecule has 10 aromatic carbocycles. The molecular formula is C72H55NO8. The molecule has 12 rings (SSSR count). The summed E-state index contributed by atoms with van der Waals surface area (Å²) in [5.74, 6) is -0.247. The van der Waals surface area contributed by atoms with Crippen molar-refractivity contribution in [3.8, 4) is 17.6 Å². The molecule has 2 heterocycles. The fourth-order valence-electron chi connectivity index (χ4n) is 10.6. The molecule has 2 atom stereocenters. The van der Waals surface area contributed by atoms with Crippen LogP contribution in [-0.2, 0) is 9.47 Å². The largest absolute Gasteiger partial charge is 0.497 e. The van der Waals surface area contributed by atoms with Crippen molar-refractivity contribution in [1.82, 2.24) is 0 Å². The number of methoxy groups -OCH3 is 2. The highest BCUT2D eigenvalue weighted by Crippen LogP contribution is 2.50. The molecule has 0 saturated heterocycles. The highest BCUT2D eigenvalue weighted by atomic mass is 16.5. The Labute approximate surface area is 470 Å². The van der Waals surface area contributed by atoms with Gasteiger partial charge in [-0.05, 0) is 80.2 Å². The van der Waals surface area contributed by atoms with Gasteiger partial charge in [-0.25, -0.2) is 0 Å². The van der Waals surface area contributed by atoms with Gasteiger partial charge in [-0.15, -0.1) is 0 Å². The van der Waals surface area contributed by atoms with Crippen molar-refractivity contribution in [2.75, 3.05) is 14.2 Å². The fraction of sp³-hybridized carbons (Fsp3) is 0.0972. The van der Waals surface area contributed by atoms with Crippen molar-refractivity contribution in [3.63, 3.8) is 0 Å². The average Bonchev–Trinajstić information content (AvgIpc) is 3.99. The van der Waals surface area contributed by atoms with E-state index in [1.54, 1.807) is 117 Å². The molecule has 0 fully saturated rings. The quantitative estimate of drug-likeness (QED) is 0.0772. The molecule has 396 valence electrons. The highest BCUT2D eigenvalue weighted by molar-refractivity contribution is 6.32. The Balaban J connectivity index is 0.000000174. The van der Waals surface area contributed by atoms with E-state index in [0.717, 1.165) is 32.7 Å². The van der Waals surface area contributed by atoms with Crippen molar-refractivity contribution in [2.24, 2.45) is 0 Å². The Hall–Kier alpha value is -10.1. The van der Waals surface area contributed by atoms with E-state index in [4.69, 9.17) is 24.2 Å². The maximum Gasteiger partial charge on any atom is 0.220 e. The maximum atomic E-state index is 14.5. The number of fused-ring (bicyclic) bond motifs is 2. The van der Waals surface area contributed by atoms with Crippen molar-refractivity contribution in [2.45, 2.75) is 30.3 Å². The Bertz CT molecular complexity index is 3630. The molecule has 0 radical (unpaired) electrons. The van der Waals surface area contributed by atoms with E-state index in [2.05, 4.69) is 0 Å². The van der Waals surface area contributed by atoms with Crippen molar-refractivity contribution >= 4 is 55.8 Å². The second-order valence-electron chi connectivity index (χ2n) is 19.2. The number of rotatable bonds is 14. The lowest BCUT2D eigenvalue weighted by Gasteiger charge is -2.31. The SMILES string of the molecule is CC#N.COc1ccc(C2=C[C@H](c3cccc4ccccc34)OC2(C(=O)c2ccccc2)C(=O)c2ccccc2)cc1.COc1ccc(C2=C[C@H](c3cccc4ccccc34)OC2(C(=O)c2ccccc2)C(=O)c2ccccc2)cc1. The third-order valence-corrected chi connectivity index (χ3v) is 14.5. The second-order valence-corrected chi connectivity index (χ2v) is 19.2. The van der Waals surface area contributed by atoms with Crippen molar-refractivity contribution in [1.29, 1.82) is 5.26 Å². The maximum absolute atomic E-state index is 14.5. The summed E-state index contributed by atoms with van der Waals surface area (Å²) in [6, 6.07) is 80.1. The van der Waals surface area contributed by atoms with Crippen LogP contribution in [0.5, 0.6) is 11.5 Å². The summed E-state index contributed by atoms with van der Waals surface area (Å²) in [7, 11) is 3.21. The lowest BCUT2D eigenvalue weighted by atomic mass is 9.77. The summed E-state index contributed by atoms with van der Waals surface area (Å²) < 4.78 is 24.3. The topological polar surface area (TPSA) is 129 Å². The standard InChI is InChI=1S/2C35H26O4.C2H3N/c2*1-38-28-21-19-25(20-22-28)31-23-32(30-18-10-16-24-11-8-9-17-29(24)30)39-35(31,33(36)26-12-4-2-5-13-26)34(37)27-14-6-3-7-15-27;1-2-3/h2*2-23,32H,1H3;1H3/t2*32-;/m11./s1. The van der Waals surface area contributed by atoms with Crippen LogP contribution >= 0.6 is 0 Å². The van der Waals surface area contributed by atoms with Crippen LogP contribution in [0.25, 0.3) is 32.7 Å². The Morgan fingerprint density at radius 3 is 0.951 bits per heavy atom. The number of ether oxygens (including phenoxy) is 4. The van der Waals surface area contributed by atoms with Gasteiger partial charge in [-0.1, -0.05) is 231 Å². The molecule has 0 aliphatic carbocycles. The third kappa shape index (κ3) is 10.7. The molecule has 0 N–H and O–H groups in total. The molecule has 2 aliphatic heterocycles. The zero-order chi connectivity index (χ0) is 56.3. The van der Waals surface area contributed by atoms with E-state index in [1.165, 1.54) is 6.92 Å². The number of carbonyl (C=O) groups is 4. The van der Waals surface area contributed by atoms with Gasteiger partial charge >= 0.3 is 0 Å². The minimum Gasteiger partial charge on any atom is -0.497 e. The number of nitrogens with zero attached hydrogens (tertiary/aromatic N) is 1. The van der Waals surface area contributed by atoms with Gasteiger partial charge in [0, 0.05) is 40.3 Å². The summed E-state index contributed by atoms with van der Waals surface area (Å²) in [6.07, 6.45) is 2.58. The number of hydrogen-bond acceptors (Lipinski definition) is 9. The molecule has 0 saturated carbocycles. The number of ketones is 4. The van der Waals surface area contributed by atoms with E-state index < -0.39 is 46.5 Å². The molecular weight excluding hydrogens is 1010 g/mol. The lowest BCUT2D eigenvalue weighted by Crippen LogP contribution is -2.48. The van der Waals surface area contributed by atoms with E-state index in [-0.39, 0.29) is 0 Å². The van der Waals surface area contributed by atoms with E-state index in [0.29, 0.717) is 56.0 Å². The number of benzene rings is 10. The summed E-state index contributed by atoms with van der Waals surface area (Å²) in [5.41, 5.74) is 2.08. The van der Waals surface area contributed by atoms with Crippen LogP contribution in [0.2, 0.25) is 0 Å². The van der Waals surface area contributed by atoms with Crippen LogP contribution in [0.15, 0.2) is 267 Å². The van der Waals surface area contributed by atoms with Gasteiger partial charge in [0.05, 0.1) is 20.3 Å². The van der Waals surface area contributed by atoms with Crippen LogP contribution < -0.4 is 9.47 Å². The lowest BCUT2D eigenvalue weighted by molar-refractivity contribution is 0.000498. The molecule has 0 amide bonds. The highest BCUT2D eigenvalue weighted by Gasteiger charge is 2.57. The van der Waals surface area contributed by atoms with E-state index in [9.17, 15) is 19.2 Å². The number of carbonyl (C=O) groups excluding carboxylic acids is 4. The van der Waals surface area contributed by atoms with Gasteiger partial charge in [-0.2, -0.15) is 5.26 Å². The molecule has 9 heteroatoms. The van der Waals surface area contributed by atoms with Crippen LogP contribution in [0.4, 0.5) is 0 Å². The van der Waals surface area contributed by atoms with E-state index in [1.807, 2.05) is 170 Å². The Kier molecular flexibility index (Phi) is 16.3. The van der Waals surface area contributed by atoms with Gasteiger partial charge in [0.25, 0.3) is 0 Å². The third-order valence-electron chi connectivity index (χ3n) is 14.5. The predicted molar refractivity (Wildman–Crippen MR) is 317 cm³/mol. The first kappa shape index (κ1) is 54.3. The first-order chi connectivity index (χ1) is 39.6. The van der Waals surface area contributed by atoms with Crippen LogP contribution in [0.1, 0.15) is 82.8 Å². The fourth-order valence-corrected chi connectivity index (χ4v) is 10.6. The normalized spacial score (nSPS) is 15.5. The van der Waals surface area contributed by atoms with Crippen molar-refractivity contribution < 1.29 is 38.1 Å². The molecule has 81 heavy (non-hydrogen) atoms. The van der Waals surface area contributed by atoms with Crippen LogP contribution in [0, 0.1) is 11.3 Å². The first-order valence-electron chi connectivity index (χ1n) is 26.4. The molecule has 2 aliphatic rings. The minimum atomic E-state index is -1.89. The smallest absolute Gasteiger partial charge is 0.220 e. The molecule has 9 nitrogen and oxygen atoms in total. The second kappa shape index (κ2) is 24.3. The Morgan fingerprint density at radius 2 is 0.654 bits per heavy atom. The number of hydrogen-bond donors (Lipinski definition) is 0. The molecule has 10 aromatic rings. The van der Waals surface area contributed by atoms with Crippen molar-refractivity contribution in [3.05, 3.63) is 311 Å². The zero-order valence-corrected chi connectivity index (χ0v) is 44.8. The summed E-state index contributed by atoms with van der Waals surface area (Å²) in [6.45, 7) is 1.43. The molecule has 0 aromatic heterocycles. The Morgan fingerprint density at radius 1 is 0.383 bits per heavy atom. The van der Waals surface area contributed by atoms with E-state index >= 15 is 0 Å². The first-order valence-corrected chi connectivity index (χ1v) is 26.4. The summed E-state index contributed by atoms with van der Waals surface area (Å²) >= 11 is 0. The van der Waals surface area contributed by atoms with Crippen LogP contribution in [-0.4, -0.2) is 48.6 Å². The molecule has 0 bridgehead atoms. The van der Waals surface area contributed by atoms with Gasteiger partial charge in [-0.3, -0.25) is 19.2 Å². The van der Waals surface area contributed by atoms with Gasteiger partial charge in [0.15, 0.2) is 0 Å². The van der Waals surface area contributed by atoms with Gasteiger partial charge < -0.3 is 18.9 Å². The zero-order valence-electron chi connectivity index (χ0n) is 44.8. The summed E-state index contributed by atoms with van der Waals surface area (Å²) in [4.78, 5) is 58.1. The predicted octanol–water partition coefficient (Wildman–Crippen LogP) is 15.5. The van der Waals surface area contributed by atoms with Gasteiger partial charge in [0.1, 0.15) is 23.7 Å². The molecule has 0 unspecified atom stereocenters. The molecule has 0 spiro atoms. The minimum absolute atomic E-state index is 0.401. The van der Waals surface area contributed by atoms with Crippen LogP contribution in [0.3, 0.4) is 0 Å². The van der Waals surface area contributed by atoms with Gasteiger partial charge in [0.2, 0.25) is 34.3 Å². The average molecular weight is 1060 g/mol.